The summed E-state index contributed by atoms with van der Waals surface area (Å²) in [5.41, 5.74) is 0.750. The molecule has 0 aromatic heterocycles. The van der Waals surface area contributed by atoms with Gasteiger partial charge in [-0.3, -0.25) is 0 Å². The number of hydrogen-bond donors (Lipinski definition) is 1. The Labute approximate surface area is 171 Å². The molecule has 0 fully saturated rings. The van der Waals surface area contributed by atoms with Crippen molar-refractivity contribution in [1.82, 2.24) is 4.90 Å². The van der Waals surface area contributed by atoms with Gasteiger partial charge < -0.3 is 14.7 Å². The molecule has 0 bridgehead atoms. The summed E-state index contributed by atoms with van der Waals surface area (Å²) in [6.45, 7) is 12.7. The van der Waals surface area contributed by atoms with E-state index in [1.54, 1.807) is 0 Å². The van der Waals surface area contributed by atoms with Gasteiger partial charge in [-0.2, -0.15) is 0 Å². The van der Waals surface area contributed by atoms with Gasteiger partial charge in [0.2, 0.25) is 0 Å². The Morgan fingerprint density at radius 1 is 0.893 bits per heavy atom. The quantitative estimate of drug-likeness (QED) is 0.527. The van der Waals surface area contributed by atoms with Crippen molar-refractivity contribution >= 4 is 0 Å². The van der Waals surface area contributed by atoms with Crippen LogP contribution in [0.25, 0.3) is 0 Å². The molecule has 0 radical (unpaired) electrons. The summed E-state index contributed by atoms with van der Waals surface area (Å²) in [6, 6.07) is 20.1. The van der Waals surface area contributed by atoms with Crippen molar-refractivity contribution in [3.8, 4) is 0 Å². The Balaban J connectivity index is 2.39. The fraction of sp³-hybridized carbons (Fsp3) is 0.520. The molecule has 0 amide bonds. The lowest BCUT2D eigenvalue weighted by Crippen LogP contribution is -2.45. The second-order valence-corrected chi connectivity index (χ2v) is 7.94. The Morgan fingerprint density at radius 2 is 1.39 bits per heavy atom. The van der Waals surface area contributed by atoms with Gasteiger partial charge in [0.05, 0.1) is 6.61 Å². The van der Waals surface area contributed by atoms with Crippen LogP contribution in [0.5, 0.6) is 0 Å². The number of aliphatic hydroxyl groups is 1. The topological polar surface area (TPSA) is 32.7 Å². The van der Waals surface area contributed by atoms with Gasteiger partial charge in [0.25, 0.3) is 0 Å². The summed E-state index contributed by atoms with van der Waals surface area (Å²) in [5.74, 6) is 0.549. The van der Waals surface area contributed by atoms with Gasteiger partial charge in [-0.25, -0.2) is 0 Å². The van der Waals surface area contributed by atoms with E-state index in [9.17, 15) is 5.11 Å². The largest absolute Gasteiger partial charge is 0.381 e. The Kier molecular flexibility index (Phi) is 9.17. The van der Waals surface area contributed by atoms with Crippen molar-refractivity contribution in [2.45, 2.75) is 39.7 Å². The van der Waals surface area contributed by atoms with Gasteiger partial charge >= 0.3 is 0 Å². The highest BCUT2D eigenvalue weighted by atomic mass is 16.5. The standard InChI is InChI=1S/C25H37NO2/c1-5-26(6-2)19-24(20-28-18-17-21(3)4)25(27,22-13-9-7-10-14-22)23-15-11-8-12-16-23/h7-16,21,24,27H,5-6,17-20H2,1-4H3. The molecule has 0 saturated heterocycles. The maximum Gasteiger partial charge on any atom is 0.121 e. The minimum absolute atomic E-state index is 0.0654. The van der Waals surface area contributed by atoms with E-state index in [1.165, 1.54) is 0 Å². The first-order valence-corrected chi connectivity index (χ1v) is 10.7. The molecule has 2 rings (SSSR count). The molecule has 2 aromatic rings. The predicted molar refractivity (Wildman–Crippen MR) is 117 cm³/mol. The van der Waals surface area contributed by atoms with Crippen molar-refractivity contribution < 1.29 is 9.84 Å². The number of nitrogens with zero attached hydrogens (tertiary/aromatic N) is 1. The maximum atomic E-state index is 12.2. The first kappa shape index (κ1) is 22.6. The minimum Gasteiger partial charge on any atom is -0.381 e. The van der Waals surface area contributed by atoms with E-state index in [1.807, 2.05) is 60.7 Å². The van der Waals surface area contributed by atoms with E-state index >= 15 is 0 Å². The van der Waals surface area contributed by atoms with Gasteiger partial charge in [0.15, 0.2) is 0 Å². The van der Waals surface area contributed by atoms with Crippen molar-refractivity contribution in [3.63, 3.8) is 0 Å². The molecule has 1 unspecified atom stereocenters. The Bertz CT molecular complexity index is 613. The van der Waals surface area contributed by atoms with E-state index in [0.717, 1.165) is 43.8 Å². The zero-order chi connectivity index (χ0) is 20.4. The smallest absolute Gasteiger partial charge is 0.121 e. The summed E-state index contributed by atoms with van der Waals surface area (Å²) in [5, 5.41) is 12.2. The highest BCUT2D eigenvalue weighted by Gasteiger charge is 2.40. The van der Waals surface area contributed by atoms with Crippen LogP contribution in [0.15, 0.2) is 60.7 Å². The van der Waals surface area contributed by atoms with E-state index < -0.39 is 5.60 Å². The zero-order valence-corrected chi connectivity index (χ0v) is 18.0. The summed E-state index contributed by atoms with van der Waals surface area (Å²) in [4.78, 5) is 2.37. The second-order valence-electron chi connectivity index (χ2n) is 7.94. The molecular formula is C25H37NO2. The molecule has 3 heteroatoms. The van der Waals surface area contributed by atoms with Crippen LogP contribution in [0, 0.1) is 11.8 Å². The van der Waals surface area contributed by atoms with Crippen LogP contribution < -0.4 is 0 Å². The van der Waals surface area contributed by atoms with Gasteiger partial charge in [0.1, 0.15) is 5.60 Å². The molecule has 0 aliphatic rings. The molecule has 2 aromatic carbocycles. The molecule has 1 N–H and O–H groups in total. The lowest BCUT2D eigenvalue weighted by atomic mass is 9.76. The first-order chi connectivity index (χ1) is 13.5. The SMILES string of the molecule is CCN(CC)CC(COCCC(C)C)C(O)(c1ccccc1)c1ccccc1. The number of benzene rings is 2. The van der Waals surface area contributed by atoms with Gasteiger partial charge in [-0.05, 0) is 36.6 Å². The van der Waals surface area contributed by atoms with Crippen LogP contribution in [0.4, 0.5) is 0 Å². The van der Waals surface area contributed by atoms with Crippen molar-refractivity contribution in [3.05, 3.63) is 71.8 Å². The average molecular weight is 384 g/mol. The molecule has 1 atom stereocenters. The lowest BCUT2D eigenvalue weighted by Gasteiger charge is -2.39. The fourth-order valence-corrected chi connectivity index (χ4v) is 3.67. The average Bonchev–Trinajstić information content (AvgIpc) is 2.74. The highest BCUT2D eigenvalue weighted by Crippen LogP contribution is 2.37. The highest BCUT2D eigenvalue weighted by molar-refractivity contribution is 5.37. The van der Waals surface area contributed by atoms with E-state index in [0.29, 0.717) is 12.5 Å². The molecular weight excluding hydrogens is 346 g/mol. The van der Waals surface area contributed by atoms with Gasteiger partial charge in [0, 0.05) is 19.1 Å². The minimum atomic E-state index is -1.09. The summed E-state index contributed by atoms with van der Waals surface area (Å²) >= 11 is 0. The van der Waals surface area contributed by atoms with E-state index in [-0.39, 0.29) is 5.92 Å². The molecule has 0 aliphatic heterocycles. The number of rotatable bonds is 12. The van der Waals surface area contributed by atoms with Gasteiger partial charge in [-0.1, -0.05) is 88.4 Å². The van der Waals surface area contributed by atoms with Crippen molar-refractivity contribution in [2.24, 2.45) is 11.8 Å². The van der Waals surface area contributed by atoms with Crippen LogP contribution in [0.3, 0.4) is 0 Å². The van der Waals surface area contributed by atoms with Crippen LogP contribution in [0.1, 0.15) is 45.2 Å². The molecule has 0 saturated carbocycles. The summed E-state index contributed by atoms with van der Waals surface area (Å²) < 4.78 is 6.10. The summed E-state index contributed by atoms with van der Waals surface area (Å²) in [6.07, 6.45) is 1.03. The van der Waals surface area contributed by atoms with Crippen LogP contribution in [-0.4, -0.2) is 42.9 Å². The maximum absolute atomic E-state index is 12.2. The number of ether oxygens (including phenoxy) is 1. The normalized spacial score (nSPS) is 13.2. The molecule has 154 valence electrons. The third kappa shape index (κ3) is 5.91. The zero-order valence-electron chi connectivity index (χ0n) is 18.0. The monoisotopic (exact) mass is 383 g/mol. The Morgan fingerprint density at radius 3 is 1.82 bits per heavy atom. The molecule has 0 heterocycles. The van der Waals surface area contributed by atoms with Crippen LogP contribution >= 0.6 is 0 Å². The van der Waals surface area contributed by atoms with E-state index in [4.69, 9.17) is 4.74 Å². The Hall–Kier alpha value is -1.68. The molecule has 0 spiro atoms. The third-order valence-corrected chi connectivity index (χ3v) is 5.55. The third-order valence-electron chi connectivity index (χ3n) is 5.55. The summed E-state index contributed by atoms with van der Waals surface area (Å²) in [7, 11) is 0. The van der Waals surface area contributed by atoms with Gasteiger partial charge in [-0.15, -0.1) is 0 Å². The van der Waals surface area contributed by atoms with Crippen molar-refractivity contribution in [2.75, 3.05) is 32.8 Å². The van der Waals surface area contributed by atoms with Crippen LogP contribution in [0.2, 0.25) is 0 Å². The first-order valence-electron chi connectivity index (χ1n) is 10.7. The lowest BCUT2D eigenvalue weighted by molar-refractivity contribution is -0.0443. The molecule has 0 aliphatic carbocycles. The van der Waals surface area contributed by atoms with E-state index in [2.05, 4.69) is 32.6 Å². The fourth-order valence-electron chi connectivity index (χ4n) is 3.67. The second kappa shape index (κ2) is 11.4. The van der Waals surface area contributed by atoms with Crippen LogP contribution in [-0.2, 0) is 10.3 Å². The van der Waals surface area contributed by atoms with Crippen molar-refractivity contribution in [1.29, 1.82) is 0 Å². The molecule has 3 nitrogen and oxygen atoms in total. The molecule has 28 heavy (non-hydrogen) atoms. The predicted octanol–water partition coefficient (Wildman–Crippen LogP) is 4.94. The number of hydrogen-bond acceptors (Lipinski definition) is 3.